The average Bonchev–Trinajstić information content (AvgIpc) is 3.44. The Balaban J connectivity index is 1.29. The largest absolute Gasteiger partial charge is 0.504 e. The van der Waals surface area contributed by atoms with Gasteiger partial charge in [-0.25, -0.2) is 4.99 Å². The highest BCUT2D eigenvalue weighted by Gasteiger charge is 2.49. The molecule has 10 atom stereocenters. The third-order valence-electron chi connectivity index (χ3n) is 15.0. The van der Waals surface area contributed by atoms with Gasteiger partial charge < -0.3 is 50.4 Å². The van der Waals surface area contributed by atoms with Gasteiger partial charge >= 0.3 is 0 Å². The zero-order valence-electron chi connectivity index (χ0n) is 38.6. The van der Waals surface area contributed by atoms with E-state index in [0.29, 0.717) is 84.4 Å². The molecule has 8 N–H and O–H groups in total. The van der Waals surface area contributed by atoms with E-state index >= 15 is 0 Å². The molecule has 4 heterocycles. The van der Waals surface area contributed by atoms with Crippen LogP contribution in [-0.4, -0.2) is 101 Å². The molecule has 7 aliphatic rings. The summed E-state index contributed by atoms with van der Waals surface area (Å²) in [7, 11) is 5.35. The molecule has 4 aliphatic heterocycles. The first-order valence-corrected chi connectivity index (χ1v) is 26.5. The third kappa shape index (κ3) is 10.9. The quantitative estimate of drug-likeness (QED) is 0.111. The second kappa shape index (κ2) is 22.1. The molecule has 9 rings (SSSR count). The first kappa shape index (κ1) is 48.6. The van der Waals surface area contributed by atoms with Crippen LogP contribution >= 0.6 is 21.6 Å². The van der Waals surface area contributed by atoms with Crippen LogP contribution < -0.4 is 30.6 Å². The van der Waals surface area contributed by atoms with Crippen molar-refractivity contribution in [3.05, 3.63) is 46.0 Å². The number of ether oxygens (including phenoxy) is 4. The molecule has 0 amide bonds. The van der Waals surface area contributed by atoms with E-state index in [2.05, 4.69) is 54.2 Å². The Morgan fingerprint density at radius 1 is 1.00 bits per heavy atom. The number of aliphatic imine (C=N–C) groups is 1. The van der Waals surface area contributed by atoms with Crippen LogP contribution in [0.2, 0.25) is 0 Å². The normalized spacial score (nSPS) is 31.7. The minimum atomic E-state index is -1.22. The number of ketones is 1. The molecule has 0 saturated heterocycles. The van der Waals surface area contributed by atoms with Crippen molar-refractivity contribution in [2.75, 3.05) is 38.7 Å². The van der Waals surface area contributed by atoms with E-state index in [0.717, 1.165) is 67.4 Å². The number of aryl methyl sites for hydroxylation is 2. The van der Waals surface area contributed by atoms with Crippen LogP contribution in [0.15, 0.2) is 23.2 Å². The van der Waals surface area contributed by atoms with Crippen molar-refractivity contribution in [2.24, 2.45) is 46.2 Å². The number of aromatic hydroxyl groups is 1. The van der Waals surface area contributed by atoms with Gasteiger partial charge in [-0.2, -0.15) is 0 Å². The summed E-state index contributed by atoms with van der Waals surface area (Å²) >= 11 is 0. The van der Waals surface area contributed by atoms with Crippen LogP contribution in [0.3, 0.4) is 0 Å². The molecule has 66 heavy (non-hydrogen) atoms. The Morgan fingerprint density at radius 2 is 1.85 bits per heavy atom. The molecule has 2 aromatic rings. The number of hydrogen-bond donors (Lipinski definition) is 7. The first-order chi connectivity index (χ1) is 32.0. The smallest absolute Gasteiger partial charge is 0.201 e. The molecule has 0 radical (unpaired) electrons. The third-order valence-corrected chi connectivity index (χ3v) is 17.4. The number of aliphatic hydroxyl groups is 3. The molecule has 3 aliphatic carbocycles. The lowest BCUT2D eigenvalue weighted by Gasteiger charge is -2.48. The predicted octanol–water partition coefficient (Wildman–Crippen LogP) is 5.63. The zero-order chi connectivity index (χ0) is 46.4. The van der Waals surface area contributed by atoms with Crippen molar-refractivity contribution in [2.45, 2.75) is 134 Å². The number of fused-ring (bicyclic) bond motifs is 6. The number of carbonyl (C=O) groups is 1. The van der Waals surface area contributed by atoms with Crippen molar-refractivity contribution >= 4 is 33.3 Å². The molecule has 358 valence electrons. The standard InChI is InChI=1S/C51H68N4O9S2/c1-30(2)44-27-66-65-26-42-41-24-40-33-12-17-38(58)23-37(57)16-11-32-13-19-45(59)47(63-29-56)39(32)9-6-7-34(22-33)46(48(40)64-49(41)60)62-28-53-51-20-5-4-8-36(51)21-31(25-61-3)10-14-35(51)15-18-43(42)54-50(52)55-44/h13,19,22,30-31,35-36,38,41-44,49,53,56,58-60H,4-5,7-8,10-12,14,16-17,20-21,23-29H2,1-3H3,(H3,52,54,55). The number of phenols is 1. The molecule has 10 unspecified atom stereocenters. The van der Waals surface area contributed by atoms with Gasteiger partial charge in [-0.05, 0) is 92.7 Å². The van der Waals surface area contributed by atoms with Gasteiger partial charge in [0.05, 0.1) is 23.8 Å². The predicted molar refractivity (Wildman–Crippen MR) is 258 cm³/mol. The van der Waals surface area contributed by atoms with E-state index in [9.17, 15) is 25.2 Å². The molecule has 0 aromatic heterocycles. The highest BCUT2D eigenvalue weighted by atomic mass is 33.1. The molecular formula is C51H68N4O9S2. The summed E-state index contributed by atoms with van der Waals surface area (Å²) in [5.41, 5.74) is 10.1. The van der Waals surface area contributed by atoms with Gasteiger partial charge in [0, 0.05) is 78.9 Å². The van der Waals surface area contributed by atoms with Gasteiger partial charge in [0.2, 0.25) is 6.29 Å². The number of guanidine groups is 1. The zero-order valence-corrected chi connectivity index (χ0v) is 40.2. The van der Waals surface area contributed by atoms with Crippen molar-refractivity contribution < 1.29 is 44.2 Å². The van der Waals surface area contributed by atoms with Crippen LogP contribution in [0.4, 0.5) is 0 Å². The number of methoxy groups -OCH3 is 1. The summed E-state index contributed by atoms with van der Waals surface area (Å²) in [6.07, 6.45) is 6.99. The van der Waals surface area contributed by atoms with Crippen molar-refractivity contribution in [1.82, 2.24) is 10.6 Å². The van der Waals surface area contributed by atoms with Crippen LogP contribution in [0.1, 0.15) is 106 Å². The summed E-state index contributed by atoms with van der Waals surface area (Å²) in [5, 5.41) is 51.8. The Bertz CT molecular complexity index is 2220. The number of benzene rings is 2. The van der Waals surface area contributed by atoms with Crippen molar-refractivity contribution in [1.29, 1.82) is 0 Å². The van der Waals surface area contributed by atoms with Crippen LogP contribution in [0.25, 0.3) is 0 Å². The van der Waals surface area contributed by atoms with E-state index in [1.807, 2.05) is 0 Å². The lowest BCUT2D eigenvalue weighted by Crippen LogP contribution is -2.58. The van der Waals surface area contributed by atoms with Gasteiger partial charge in [-0.3, -0.25) is 10.1 Å². The van der Waals surface area contributed by atoms with Crippen molar-refractivity contribution in [3.8, 4) is 46.7 Å². The number of hydrogen-bond acceptors (Lipinski definition) is 15. The highest BCUT2D eigenvalue weighted by Crippen LogP contribution is 2.50. The summed E-state index contributed by atoms with van der Waals surface area (Å²) in [6, 6.07) is 4.86. The Kier molecular flexibility index (Phi) is 16.3. The fourth-order valence-electron chi connectivity index (χ4n) is 11.3. The highest BCUT2D eigenvalue weighted by molar-refractivity contribution is 8.76. The maximum atomic E-state index is 13.3. The number of phenolic OH excluding ortho intramolecular Hbond substituents is 1. The average molecular weight is 945 g/mol. The molecule has 6 bridgehead atoms. The minimum Gasteiger partial charge on any atom is -0.504 e. The molecule has 2 fully saturated rings. The number of aliphatic hydroxyl groups excluding tert-OH is 3. The lowest BCUT2D eigenvalue weighted by molar-refractivity contribution is -0.121. The number of nitrogens with one attached hydrogen (secondary N) is 2. The van der Waals surface area contributed by atoms with E-state index in [4.69, 9.17) is 29.7 Å². The number of nitrogens with two attached hydrogens (primary N) is 1. The monoisotopic (exact) mass is 944 g/mol. The molecule has 2 aromatic carbocycles. The Morgan fingerprint density at radius 3 is 2.67 bits per heavy atom. The molecule has 1 spiro atoms. The first-order valence-electron chi connectivity index (χ1n) is 24.0. The fourth-order valence-corrected chi connectivity index (χ4v) is 14.2. The van der Waals surface area contributed by atoms with E-state index in [1.54, 1.807) is 34.8 Å². The number of rotatable bonds is 5. The maximum absolute atomic E-state index is 13.3. The lowest BCUT2D eigenvalue weighted by atomic mass is 9.65. The van der Waals surface area contributed by atoms with E-state index in [-0.39, 0.29) is 66.7 Å². The molecule has 2 saturated carbocycles. The topological polar surface area (TPSA) is 197 Å². The molecule has 15 heteroatoms. The summed E-state index contributed by atoms with van der Waals surface area (Å²) in [4.78, 5) is 18.3. The molecule has 13 nitrogen and oxygen atoms in total. The van der Waals surface area contributed by atoms with Gasteiger partial charge in [-0.15, -0.1) is 0 Å². The van der Waals surface area contributed by atoms with Gasteiger partial charge in [-0.1, -0.05) is 84.1 Å². The van der Waals surface area contributed by atoms with Gasteiger partial charge in [0.1, 0.15) is 12.5 Å². The summed E-state index contributed by atoms with van der Waals surface area (Å²) in [6.45, 7) is 4.54. The second-order valence-corrected chi connectivity index (χ2v) is 22.0. The van der Waals surface area contributed by atoms with Crippen LogP contribution in [-0.2, 0) is 35.2 Å². The van der Waals surface area contributed by atoms with E-state index in [1.165, 1.54) is 6.07 Å². The SMILES string of the molecule is COCC1CCC2C#CC3NC(N)=NC(C(C)C)CSSCC3C3Cc4c5cc(c(c4OC3O)OCNC23CCCCC3C1)CC#Cc1c(ccc(O)c1OCO)CCC(=O)CC(O)CC5. The van der Waals surface area contributed by atoms with Crippen LogP contribution in [0.5, 0.6) is 23.0 Å². The Labute approximate surface area is 397 Å². The van der Waals surface area contributed by atoms with Crippen molar-refractivity contribution in [3.63, 3.8) is 0 Å². The van der Waals surface area contributed by atoms with Crippen LogP contribution in [0, 0.1) is 59.2 Å². The number of nitrogens with zero attached hydrogens (tertiary/aromatic N) is 1. The minimum absolute atomic E-state index is 0.00994. The van der Waals surface area contributed by atoms with E-state index < -0.39 is 31.1 Å². The number of Topliss-reactive ketones (excluding diaryl/α,β-unsaturated/α-hetero) is 1. The number of carbonyl (C=O) groups excluding carboxylic acids is 1. The summed E-state index contributed by atoms with van der Waals surface area (Å²) < 4.78 is 25.0. The maximum Gasteiger partial charge on any atom is 0.201 e. The van der Waals surface area contributed by atoms with Gasteiger partial charge in [0.15, 0.2) is 35.8 Å². The fraction of sp³-hybridized carbons (Fsp3) is 0.647. The second-order valence-electron chi connectivity index (χ2n) is 19.4. The summed E-state index contributed by atoms with van der Waals surface area (Å²) in [5.74, 6) is 17.2. The van der Waals surface area contributed by atoms with Gasteiger partial charge in [0.25, 0.3) is 0 Å². The Hall–Kier alpha value is -3.80. The molecular weight excluding hydrogens is 877 g/mol.